The number of piperazine rings is 1. The van der Waals surface area contributed by atoms with Crippen LogP contribution in [0.3, 0.4) is 0 Å². The van der Waals surface area contributed by atoms with Crippen molar-refractivity contribution in [1.82, 2.24) is 9.47 Å². The Labute approximate surface area is 201 Å². The van der Waals surface area contributed by atoms with E-state index < -0.39 is 11.5 Å². The zero-order chi connectivity index (χ0) is 25.4. The third-order valence-corrected chi connectivity index (χ3v) is 5.53. The first-order valence-electron chi connectivity index (χ1n) is 11.4. The first kappa shape index (κ1) is 26.7. The fraction of sp³-hybridized carbons (Fsp3) is 0.423. The summed E-state index contributed by atoms with van der Waals surface area (Å²) in [6.07, 6.45) is 6.27. The van der Waals surface area contributed by atoms with E-state index in [2.05, 4.69) is 19.7 Å². The average Bonchev–Trinajstić information content (AvgIpc) is 2.82. The molecule has 2 rings (SSSR count). The van der Waals surface area contributed by atoms with Crippen molar-refractivity contribution in [2.45, 2.75) is 27.3 Å². The van der Waals surface area contributed by atoms with E-state index in [0.29, 0.717) is 49.7 Å². The zero-order valence-corrected chi connectivity index (χ0v) is 20.6. The number of esters is 1. The highest BCUT2D eigenvalue weighted by Gasteiger charge is 2.31. The van der Waals surface area contributed by atoms with Crippen LogP contribution in [0.25, 0.3) is 12.2 Å². The highest BCUT2D eigenvalue weighted by molar-refractivity contribution is 5.99. The minimum atomic E-state index is -0.673. The van der Waals surface area contributed by atoms with Gasteiger partial charge in [-0.05, 0) is 25.0 Å². The minimum absolute atomic E-state index is 0.0214. The Balaban J connectivity index is 2.58. The minimum Gasteiger partial charge on any atom is -0.491 e. The number of anilines is 1. The largest absolute Gasteiger partial charge is 0.491 e. The van der Waals surface area contributed by atoms with Gasteiger partial charge in [-0.15, -0.1) is 0 Å². The lowest BCUT2D eigenvalue weighted by Gasteiger charge is -2.38. The summed E-state index contributed by atoms with van der Waals surface area (Å²) in [5, 5.41) is 0. The number of nitrogens with zero attached hydrogens (tertiary/aromatic N) is 3. The molecule has 0 N–H and O–H groups in total. The van der Waals surface area contributed by atoms with Crippen LogP contribution >= 0.6 is 0 Å². The number of hydrogen-bond acceptors (Lipinski definition) is 6. The van der Waals surface area contributed by atoms with Crippen molar-refractivity contribution in [1.29, 1.82) is 0 Å². The SMILES string of the molecule is C=C/C=C(\OC)C(=O)N1CCN(c2c(C=C)c(C=C)n(CC(C)C)c(=O)c2C(=O)OCC)CC1. The van der Waals surface area contributed by atoms with E-state index in [4.69, 9.17) is 9.47 Å². The molecule has 1 aliphatic rings. The number of rotatable bonds is 10. The van der Waals surface area contributed by atoms with Gasteiger partial charge in [0.2, 0.25) is 0 Å². The highest BCUT2D eigenvalue weighted by atomic mass is 16.5. The quantitative estimate of drug-likeness (QED) is 0.226. The maximum atomic E-state index is 13.6. The number of carbonyl (C=O) groups excluding carboxylic acids is 2. The van der Waals surface area contributed by atoms with Crippen molar-refractivity contribution in [3.63, 3.8) is 0 Å². The van der Waals surface area contributed by atoms with Gasteiger partial charge in [-0.2, -0.15) is 0 Å². The molecule has 34 heavy (non-hydrogen) atoms. The molecule has 0 aliphatic carbocycles. The van der Waals surface area contributed by atoms with Crippen LogP contribution in [-0.2, 0) is 20.8 Å². The molecular formula is C26H35N3O5. The van der Waals surface area contributed by atoms with E-state index in [0.717, 1.165) is 0 Å². The molecule has 1 fully saturated rings. The van der Waals surface area contributed by atoms with Crippen LogP contribution in [0.2, 0.25) is 0 Å². The summed E-state index contributed by atoms with van der Waals surface area (Å²) in [6, 6.07) is 0. The van der Waals surface area contributed by atoms with Crippen molar-refractivity contribution >= 4 is 29.7 Å². The fourth-order valence-corrected chi connectivity index (χ4v) is 4.05. The van der Waals surface area contributed by atoms with Gasteiger partial charge < -0.3 is 23.8 Å². The average molecular weight is 470 g/mol. The van der Waals surface area contributed by atoms with E-state index in [9.17, 15) is 14.4 Å². The summed E-state index contributed by atoms with van der Waals surface area (Å²) in [6.45, 7) is 19.3. The molecule has 1 aliphatic heterocycles. The summed E-state index contributed by atoms with van der Waals surface area (Å²) >= 11 is 0. The summed E-state index contributed by atoms with van der Waals surface area (Å²) in [5.41, 5.74) is 1.27. The second kappa shape index (κ2) is 12.1. The second-order valence-electron chi connectivity index (χ2n) is 8.21. The molecule has 0 atom stereocenters. The number of methoxy groups -OCH3 is 1. The molecule has 8 heteroatoms. The molecule has 0 bridgehead atoms. The summed E-state index contributed by atoms with van der Waals surface area (Å²) in [7, 11) is 1.44. The van der Waals surface area contributed by atoms with Gasteiger partial charge >= 0.3 is 5.97 Å². The Morgan fingerprint density at radius 2 is 1.74 bits per heavy atom. The predicted molar refractivity (Wildman–Crippen MR) is 136 cm³/mol. The van der Waals surface area contributed by atoms with Gasteiger partial charge in [-0.3, -0.25) is 9.59 Å². The molecule has 1 saturated heterocycles. The molecule has 2 heterocycles. The molecule has 0 aromatic carbocycles. The van der Waals surface area contributed by atoms with Crippen molar-refractivity contribution in [3.05, 3.63) is 64.8 Å². The topological polar surface area (TPSA) is 81.1 Å². The van der Waals surface area contributed by atoms with E-state index in [-0.39, 0.29) is 29.8 Å². The van der Waals surface area contributed by atoms with Crippen LogP contribution < -0.4 is 10.5 Å². The Morgan fingerprint density at radius 1 is 1.09 bits per heavy atom. The normalized spacial score (nSPS) is 14.1. The first-order chi connectivity index (χ1) is 16.2. The maximum absolute atomic E-state index is 13.6. The van der Waals surface area contributed by atoms with E-state index in [1.165, 1.54) is 19.3 Å². The number of aromatic nitrogens is 1. The van der Waals surface area contributed by atoms with Crippen molar-refractivity contribution in [2.75, 3.05) is 44.8 Å². The second-order valence-corrected chi connectivity index (χ2v) is 8.21. The molecule has 0 saturated carbocycles. The summed E-state index contributed by atoms with van der Waals surface area (Å²) in [4.78, 5) is 42.9. The number of carbonyl (C=O) groups is 2. The standard InChI is InChI=1S/C26H35N3O5/c1-8-12-21(33-7)24(30)28-15-13-27(14-16-28)23-19(9-2)20(10-3)29(17-18(5)6)25(31)22(23)26(32)34-11-4/h8-10,12,18H,1-3,11,13-17H2,4-7H3/b21-12-. The van der Waals surface area contributed by atoms with Gasteiger partial charge in [-0.25, -0.2) is 4.79 Å². The molecule has 184 valence electrons. The summed E-state index contributed by atoms with van der Waals surface area (Å²) in [5.74, 6) is -0.542. The lowest BCUT2D eigenvalue weighted by molar-refractivity contribution is -0.130. The number of ether oxygens (including phenoxy) is 2. The van der Waals surface area contributed by atoms with Crippen molar-refractivity contribution in [3.8, 4) is 0 Å². The lowest BCUT2D eigenvalue weighted by Crippen LogP contribution is -2.50. The van der Waals surface area contributed by atoms with Crippen LogP contribution in [-0.4, -0.2) is 61.2 Å². The Hall–Kier alpha value is -3.55. The van der Waals surface area contributed by atoms with Gasteiger partial charge in [0.1, 0.15) is 5.56 Å². The monoisotopic (exact) mass is 469 g/mol. The molecule has 1 aromatic heterocycles. The first-order valence-corrected chi connectivity index (χ1v) is 11.4. The van der Waals surface area contributed by atoms with Crippen LogP contribution in [0.4, 0.5) is 5.69 Å². The molecular weight excluding hydrogens is 434 g/mol. The van der Waals surface area contributed by atoms with Gasteiger partial charge in [-0.1, -0.05) is 45.7 Å². The lowest BCUT2D eigenvalue weighted by atomic mass is 10.0. The van der Waals surface area contributed by atoms with Crippen LogP contribution in [0, 0.1) is 5.92 Å². The highest BCUT2D eigenvalue weighted by Crippen LogP contribution is 2.30. The third-order valence-electron chi connectivity index (χ3n) is 5.53. The van der Waals surface area contributed by atoms with Crippen LogP contribution in [0.15, 0.2) is 42.4 Å². The number of amides is 1. The Bertz CT molecular complexity index is 1040. The molecule has 1 aromatic rings. The van der Waals surface area contributed by atoms with Crippen molar-refractivity contribution in [2.24, 2.45) is 5.92 Å². The molecule has 0 spiro atoms. The number of hydrogen-bond donors (Lipinski definition) is 0. The maximum Gasteiger partial charge on any atom is 0.345 e. The molecule has 0 radical (unpaired) electrons. The third kappa shape index (κ3) is 5.50. The summed E-state index contributed by atoms with van der Waals surface area (Å²) < 4.78 is 12.0. The van der Waals surface area contributed by atoms with Gasteiger partial charge in [0.05, 0.1) is 25.1 Å². The van der Waals surface area contributed by atoms with Gasteiger partial charge in [0, 0.05) is 38.3 Å². The van der Waals surface area contributed by atoms with Crippen molar-refractivity contribution < 1.29 is 19.1 Å². The molecule has 1 amide bonds. The fourth-order valence-electron chi connectivity index (χ4n) is 4.05. The van der Waals surface area contributed by atoms with Gasteiger partial charge in [0.25, 0.3) is 11.5 Å². The smallest absolute Gasteiger partial charge is 0.345 e. The van der Waals surface area contributed by atoms with Crippen LogP contribution in [0.5, 0.6) is 0 Å². The molecule has 0 unspecified atom stereocenters. The predicted octanol–water partition coefficient (Wildman–Crippen LogP) is 3.33. The number of pyridine rings is 1. The van der Waals surface area contributed by atoms with E-state index in [1.54, 1.807) is 28.5 Å². The zero-order valence-electron chi connectivity index (χ0n) is 20.6. The number of allylic oxidation sites excluding steroid dienone is 2. The van der Waals surface area contributed by atoms with Crippen LogP contribution in [0.1, 0.15) is 42.4 Å². The molecule has 8 nitrogen and oxygen atoms in total. The van der Waals surface area contributed by atoms with E-state index >= 15 is 0 Å². The Kier molecular flexibility index (Phi) is 9.47. The Morgan fingerprint density at radius 3 is 2.21 bits per heavy atom. The van der Waals surface area contributed by atoms with Gasteiger partial charge in [0.15, 0.2) is 5.76 Å². The van der Waals surface area contributed by atoms with E-state index in [1.807, 2.05) is 18.7 Å².